The van der Waals surface area contributed by atoms with Gasteiger partial charge in [-0.25, -0.2) is 4.98 Å². The first-order valence-electron chi connectivity index (χ1n) is 6.29. The Labute approximate surface area is 134 Å². The molecule has 0 aliphatic carbocycles. The lowest BCUT2D eigenvalue weighted by molar-refractivity contribution is -0.141. The summed E-state index contributed by atoms with van der Waals surface area (Å²) in [6.07, 6.45) is -4.77. The highest BCUT2D eigenvalue weighted by molar-refractivity contribution is 6.27. The summed E-state index contributed by atoms with van der Waals surface area (Å²) in [5.41, 5.74) is 1.35. The molecule has 0 aliphatic heterocycles. The van der Waals surface area contributed by atoms with Crippen LogP contribution in [0.1, 0.15) is 5.69 Å². The second-order valence-electron chi connectivity index (χ2n) is 4.40. The van der Waals surface area contributed by atoms with E-state index in [0.29, 0.717) is 5.56 Å². The molecule has 0 aliphatic rings. The van der Waals surface area contributed by atoms with Crippen LogP contribution in [0.5, 0.6) is 0 Å². The van der Waals surface area contributed by atoms with Crippen LogP contribution in [0.15, 0.2) is 30.3 Å². The molecule has 1 aromatic heterocycles. The number of hydrazine groups is 1. The number of hydrogen-bond acceptors (Lipinski definition) is 5. The van der Waals surface area contributed by atoms with Crippen molar-refractivity contribution in [3.05, 3.63) is 36.0 Å². The SMILES string of the molecule is CN(NC(=O)CCl)c1nc(-c2ccccc2)nnc1C(F)(F)F. The molecule has 1 N–H and O–H groups in total. The first-order valence-corrected chi connectivity index (χ1v) is 6.83. The molecule has 0 unspecified atom stereocenters. The number of aromatic nitrogens is 3. The molecule has 0 saturated heterocycles. The predicted octanol–water partition coefficient (Wildman–Crippen LogP) is 2.26. The Hall–Kier alpha value is -2.42. The monoisotopic (exact) mass is 345 g/mol. The third-order valence-corrected chi connectivity index (χ3v) is 2.94. The zero-order valence-electron chi connectivity index (χ0n) is 11.8. The van der Waals surface area contributed by atoms with Crippen molar-refractivity contribution in [3.8, 4) is 11.4 Å². The standard InChI is InChI=1S/C13H11ClF3N5O/c1-22(21-9(23)7-14)12-10(13(15,16)17)19-20-11(18-12)8-5-3-2-4-6-8/h2-6H,7H2,1H3,(H,21,23). The fraction of sp³-hybridized carbons (Fsp3) is 0.231. The molecule has 122 valence electrons. The number of anilines is 1. The molecular weight excluding hydrogens is 335 g/mol. The number of nitrogens with zero attached hydrogens (tertiary/aromatic N) is 4. The van der Waals surface area contributed by atoms with E-state index in [9.17, 15) is 18.0 Å². The van der Waals surface area contributed by atoms with Crippen LogP contribution in [0.25, 0.3) is 11.4 Å². The van der Waals surface area contributed by atoms with Gasteiger partial charge in [0.1, 0.15) is 5.88 Å². The van der Waals surface area contributed by atoms with E-state index in [1.54, 1.807) is 30.3 Å². The lowest BCUT2D eigenvalue weighted by Gasteiger charge is -2.21. The van der Waals surface area contributed by atoms with Crippen molar-refractivity contribution in [2.24, 2.45) is 0 Å². The third-order valence-electron chi connectivity index (χ3n) is 2.70. The highest BCUT2D eigenvalue weighted by Gasteiger charge is 2.39. The molecule has 1 aromatic carbocycles. The Bertz CT molecular complexity index is 696. The van der Waals surface area contributed by atoms with Crippen molar-refractivity contribution >= 4 is 23.3 Å². The van der Waals surface area contributed by atoms with Gasteiger partial charge in [0.05, 0.1) is 0 Å². The Morgan fingerprint density at radius 3 is 2.48 bits per heavy atom. The maximum absolute atomic E-state index is 13.1. The first-order chi connectivity index (χ1) is 10.8. The average molecular weight is 346 g/mol. The normalized spacial score (nSPS) is 11.2. The van der Waals surface area contributed by atoms with Gasteiger partial charge in [-0.3, -0.25) is 15.2 Å². The van der Waals surface area contributed by atoms with Gasteiger partial charge in [0.2, 0.25) is 5.69 Å². The van der Waals surface area contributed by atoms with E-state index in [-0.39, 0.29) is 5.82 Å². The van der Waals surface area contributed by atoms with Gasteiger partial charge in [-0.2, -0.15) is 13.2 Å². The van der Waals surface area contributed by atoms with Gasteiger partial charge in [0.25, 0.3) is 5.91 Å². The van der Waals surface area contributed by atoms with Gasteiger partial charge in [-0.05, 0) is 0 Å². The van der Waals surface area contributed by atoms with E-state index in [1.165, 1.54) is 7.05 Å². The summed E-state index contributed by atoms with van der Waals surface area (Å²) in [6.45, 7) is 0. The van der Waals surface area contributed by atoms with Gasteiger partial charge >= 0.3 is 6.18 Å². The smallest absolute Gasteiger partial charge is 0.272 e. The van der Waals surface area contributed by atoms with Gasteiger partial charge in [0, 0.05) is 12.6 Å². The van der Waals surface area contributed by atoms with Crippen molar-refractivity contribution in [2.75, 3.05) is 17.9 Å². The fourth-order valence-corrected chi connectivity index (χ4v) is 1.77. The van der Waals surface area contributed by atoms with Crippen LogP contribution in [0.4, 0.5) is 19.0 Å². The van der Waals surface area contributed by atoms with Crippen LogP contribution >= 0.6 is 11.6 Å². The summed E-state index contributed by atoms with van der Waals surface area (Å²) in [6, 6.07) is 8.38. The molecule has 0 saturated carbocycles. The molecule has 2 rings (SSSR count). The van der Waals surface area contributed by atoms with E-state index < -0.39 is 29.5 Å². The van der Waals surface area contributed by atoms with Gasteiger partial charge in [-0.15, -0.1) is 21.8 Å². The number of benzene rings is 1. The third kappa shape index (κ3) is 4.07. The van der Waals surface area contributed by atoms with Crippen molar-refractivity contribution in [1.82, 2.24) is 20.6 Å². The van der Waals surface area contributed by atoms with Crippen LogP contribution in [-0.2, 0) is 11.0 Å². The minimum atomic E-state index is -4.77. The summed E-state index contributed by atoms with van der Waals surface area (Å²) < 4.78 is 39.2. The lowest BCUT2D eigenvalue weighted by Crippen LogP contribution is -2.42. The first kappa shape index (κ1) is 16.9. The van der Waals surface area contributed by atoms with Gasteiger partial charge in [-0.1, -0.05) is 30.3 Å². The molecule has 0 bridgehead atoms. The zero-order chi connectivity index (χ0) is 17.0. The van der Waals surface area contributed by atoms with Crippen molar-refractivity contribution in [3.63, 3.8) is 0 Å². The molecule has 2 aromatic rings. The van der Waals surface area contributed by atoms with E-state index >= 15 is 0 Å². The van der Waals surface area contributed by atoms with Crippen LogP contribution < -0.4 is 10.4 Å². The minimum Gasteiger partial charge on any atom is -0.272 e. The van der Waals surface area contributed by atoms with Crippen LogP contribution in [-0.4, -0.2) is 34.0 Å². The summed E-state index contributed by atoms with van der Waals surface area (Å²) in [4.78, 5) is 15.2. The Morgan fingerprint density at radius 2 is 1.91 bits per heavy atom. The van der Waals surface area contributed by atoms with Crippen molar-refractivity contribution in [2.45, 2.75) is 6.18 Å². The molecule has 1 amide bonds. The van der Waals surface area contributed by atoms with Crippen LogP contribution in [0.2, 0.25) is 0 Å². The number of halogens is 4. The topological polar surface area (TPSA) is 71.0 Å². The minimum absolute atomic E-state index is 0.000530. The highest BCUT2D eigenvalue weighted by Crippen LogP contribution is 2.33. The highest BCUT2D eigenvalue weighted by atomic mass is 35.5. The van der Waals surface area contributed by atoms with Crippen LogP contribution in [0, 0.1) is 0 Å². The van der Waals surface area contributed by atoms with E-state index in [0.717, 1.165) is 5.01 Å². The summed E-state index contributed by atoms with van der Waals surface area (Å²) in [5.74, 6) is -1.66. The molecule has 1 heterocycles. The average Bonchev–Trinajstić information content (AvgIpc) is 2.54. The largest absolute Gasteiger partial charge is 0.438 e. The van der Waals surface area contributed by atoms with E-state index in [1.807, 2.05) is 0 Å². The second-order valence-corrected chi connectivity index (χ2v) is 4.67. The van der Waals surface area contributed by atoms with Gasteiger partial charge in [0.15, 0.2) is 11.6 Å². The summed E-state index contributed by atoms with van der Waals surface area (Å²) >= 11 is 5.33. The molecule has 0 spiro atoms. The molecule has 23 heavy (non-hydrogen) atoms. The second kappa shape index (κ2) is 6.78. The zero-order valence-corrected chi connectivity index (χ0v) is 12.6. The number of carbonyl (C=O) groups is 1. The van der Waals surface area contributed by atoms with Crippen LogP contribution in [0.3, 0.4) is 0 Å². The molecule has 0 atom stereocenters. The van der Waals surface area contributed by atoms with E-state index in [4.69, 9.17) is 11.6 Å². The fourth-order valence-electron chi connectivity index (χ4n) is 1.71. The number of alkyl halides is 4. The number of nitrogens with one attached hydrogen (secondary N) is 1. The maximum Gasteiger partial charge on any atom is 0.438 e. The Morgan fingerprint density at radius 1 is 1.26 bits per heavy atom. The Balaban J connectivity index is 2.48. The Kier molecular flexibility index (Phi) is 4.99. The van der Waals surface area contributed by atoms with E-state index in [2.05, 4.69) is 20.6 Å². The molecule has 0 radical (unpaired) electrons. The maximum atomic E-state index is 13.1. The quantitative estimate of drug-likeness (QED) is 0.680. The van der Waals surface area contributed by atoms with Gasteiger partial charge < -0.3 is 0 Å². The molecule has 0 fully saturated rings. The molecule has 6 nitrogen and oxygen atoms in total. The molecular formula is C13H11ClF3N5O. The number of carbonyl (C=O) groups excluding carboxylic acids is 1. The lowest BCUT2D eigenvalue weighted by atomic mass is 10.2. The summed E-state index contributed by atoms with van der Waals surface area (Å²) in [7, 11) is 1.21. The van der Waals surface area contributed by atoms with Crippen molar-refractivity contribution in [1.29, 1.82) is 0 Å². The predicted molar refractivity (Wildman–Crippen MR) is 77.5 cm³/mol. The summed E-state index contributed by atoms with van der Waals surface area (Å²) in [5, 5.41) is 7.54. The number of rotatable bonds is 4. The number of hydrogen-bond donors (Lipinski definition) is 1. The number of amides is 1. The van der Waals surface area contributed by atoms with Crippen molar-refractivity contribution < 1.29 is 18.0 Å². The molecule has 10 heteroatoms.